The van der Waals surface area contributed by atoms with Crippen LogP contribution in [0.1, 0.15) is 29.6 Å². The smallest absolute Gasteiger partial charge is 0.337 e. The van der Waals surface area contributed by atoms with E-state index >= 15 is 0 Å². The van der Waals surface area contributed by atoms with Crippen molar-refractivity contribution in [2.75, 3.05) is 25.9 Å². The number of amides is 1. The van der Waals surface area contributed by atoms with Crippen LogP contribution in [0.3, 0.4) is 0 Å². The van der Waals surface area contributed by atoms with Crippen molar-refractivity contribution in [2.24, 2.45) is 5.92 Å². The number of anilines is 1. The molecule has 1 amide bonds. The van der Waals surface area contributed by atoms with Crippen molar-refractivity contribution in [3.05, 3.63) is 30.2 Å². The van der Waals surface area contributed by atoms with Gasteiger partial charge in [0.1, 0.15) is 5.03 Å². The van der Waals surface area contributed by atoms with Gasteiger partial charge >= 0.3 is 5.97 Å². The number of esters is 1. The number of imidazole rings is 1. The Morgan fingerprint density at radius 1 is 1.32 bits per heavy atom. The summed E-state index contributed by atoms with van der Waals surface area (Å²) in [5.74, 6) is 1.12. The Morgan fingerprint density at radius 2 is 2.13 bits per heavy atom. The van der Waals surface area contributed by atoms with E-state index in [1.807, 2.05) is 9.47 Å². The molecule has 1 saturated heterocycles. The van der Waals surface area contributed by atoms with Crippen molar-refractivity contribution in [1.82, 2.24) is 29.4 Å². The highest BCUT2D eigenvalue weighted by molar-refractivity contribution is 7.99. The van der Waals surface area contributed by atoms with E-state index in [-0.39, 0.29) is 0 Å². The molecule has 1 aromatic heterocycles. The second kappa shape index (κ2) is 9.29. The van der Waals surface area contributed by atoms with Gasteiger partial charge < -0.3 is 19.9 Å². The fourth-order valence-electron chi connectivity index (χ4n) is 3.62. The van der Waals surface area contributed by atoms with Crippen LogP contribution in [-0.4, -0.2) is 62.0 Å². The SMILES string of the molecule is COC(=O)c1ccnc(Sc2nc3c(N)ncn(CCC4CCN(C=O)CC4)c-3n2)c1. The maximum atomic E-state index is 11.7. The number of piperidine rings is 1. The predicted octanol–water partition coefficient (Wildman–Crippen LogP) is 1.95. The molecule has 10 nitrogen and oxygen atoms in total. The second-order valence-corrected chi connectivity index (χ2v) is 8.34. The van der Waals surface area contributed by atoms with Crippen molar-refractivity contribution < 1.29 is 14.3 Å². The zero-order valence-electron chi connectivity index (χ0n) is 17.1. The summed E-state index contributed by atoms with van der Waals surface area (Å²) in [6.45, 7) is 2.36. The number of hydrogen-bond acceptors (Lipinski definition) is 9. The molecular formula is C20H23N7O3S. The van der Waals surface area contributed by atoms with E-state index in [2.05, 4.69) is 19.9 Å². The zero-order chi connectivity index (χ0) is 21.8. The number of aromatic nitrogens is 5. The molecule has 162 valence electrons. The molecular weight excluding hydrogens is 418 g/mol. The molecule has 1 fully saturated rings. The Bertz CT molecular complexity index is 1050. The third-order valence-electron chi connectivity index (χ3n) is 5.40. The fourth-order valence-corrected chi connectivity index (χ4v) is 4.37. The van der Waals surface area contributed by atoms with Gasteiger partial charge in [-0.1, -0.05) is 0 Å². The number of carbonyl (C=O) groups excluding carboxylic acids is 2. The molecule has 4 heterocycles. The van der Waals surface area contributed by atoms with Gasteiger partial charge in [0.05, 0.1) is 19.0 Å². The number of nitrogens with two attached hydrogens (primary N) is 1. The lowest BCUT2D eigenvalue weighted by molar-refractivity contribution is -0.119. The molecule has 0 saturated carbocycles. The Balaban J connectivity index is 1.49. The predicted molar refractivity (Wildman–Crippen MR) is 114 cm³/mol. The summed E-state index contributed by atoms with van der Waals surface area (Å²) in [5, 5.41) is 1.07. The van der Waals surface area contributed by atoms with Gasteiger partial charge in [-0.2, -0.15) is 0 Å². The van der Waals surface area contributed by atoms with E-state index in [0.717, 1.165) is 45.3 Å². The van der Waals surface area contributed by atoms with Gasteiger partial charge in [0, 0.05) is 25.8 Å². The highest BCUT2D eigenvalue weighted by Crippen LogP contribution is 2.31. The molecule has 0 unspecified atom stereocenters. The molecule has 0 radical (unpaired) electrons. The number of ether oxygens (including phenoxy) is 1. The fraction of sp³-hybridized carbons (Fsp3) is 0.400. The third kappa shape index (κ3) is 4.76. The molecule has 0 aromatic carbocycles. The van der Waals surface area contributed by atoms with E-state index in [0.29, 0.717) is 39.0 Å². The minimum absolute atomic E-state index is 0.321. The van der Waals surface area contributed by atoms with Crippen LogP contribution in [0.4, 0.5) is 5.82 Å². The van der Waals surface area contributed by atoms with E-state index in [1.54, 1.807) is 24.7 Å². The number of nitrogens with zero attached hydrogens (tertiary/aromatic N) is 6. The standard InChI is InChI=1S/C20H23N7O3S/c1-30-19(29)14-2-6-22-15(10-14)31-20-24-16-17(21)23-11-27(18(16)25-20)9-5-13-3-7-26(12-28)8-4-13/h2,6,10-13H,3-5,7-9,21H2,1H3. The molecule has 0 bridgehead atoms. The van der Waals surface area contributed by atoms with Gasteiger partial charge in [0.2, 0.25) is 6.41 Å². The van der Waals surface area contributed by atoms with Crippen molar-refractivity contribution in [3.63, 3.8) is 0 Å². The number of carbonyl (C=O) groups is 2. The van der Waals surface area contributed by atoms with Gasteiger partial charge in [-0.3, -0.25) is 4.79 Å². The summed E-state index contributed by atoms with van der Waals surface area (Å²) in [7, 11) is 1.34. The molecule has 0 aliphatic carbocycles. The average molecular weight is 442 g/mol. The first kappa shape index (κ1) is 21.0. The normalized spacial score (nSPS) is 14.7. The number of fused-ring (bicyclic) bond motifs is 1. The summed E-state index contributed by atoms with van der Waals surface area (Å²) >= 11 is 1.25. The highest BCUT2D eigenvalue weighted by atomic mass is 32.2. The second-order valence-electron chi connectivity index (χ2n) is 7.35. The number of hydrogen-bond donors (Lipinski definition) is 1. The summed E-state index contributed by atoms with van der Waals surface area (Å²) in [4.78, 5) is 42.1. The number of pyridine rings is 1. The monoisotopic (exact) mass is 441 g/mol. The van der Waals surface area contributed by atoms with Crippen molar-refractivity contribution in [2.45, 2.75) is 36.0 Å². The summed E-state index contributed by atoms with van der Waals surface area (Å²) < 4.78 is 6.72. The van der Waals surface area contributed by atoms with Crippen LogP contribution >= 0.6 is 11.8 Å². The number of likely N-dealkylation sites (tertiary alicyclic amines) is 1. The summed E-state index contributed by atoms with van der Waals surface area (Å²) in [6.07, 6.45) is 7.13. The van der Waals surface area contributed by atoms with E-state index < -0.39 is 5.97 Å². The lowest BCUT2D eigenvalue weighted by atomic mass is 9.94. The Morgan fingerprint density at radius 3 is 2.87 bits per heavy atom. The lowest BCUT2D eigenvalue weighted by Gasteiger charge is -2.29. The van der Waals surface area contributed by atoms with Gasteiger partial charge in [-0.05, 0) is 49.1 Å². The van der Waals surface area contributed by atoms with Gasteiger partial charge in [0.25, 0.3) is 0 Å². The van der Waals surface area contributed by atoms with Crippen LogP contribution in [0, 0.1) is 5.92 Å². The maximum Gasteiger partial charge on any atom is 0.337 e. The Hall–Kier alpha value is -3.21. The minimum atomic E-state index is -0.428. The van der Waals surface area contributed by atoms with E-state index in [1.165, 1.54) is 18.9 Å². The zero-order valence-corrected chi connectivity index (χ0v) is 17.9. The first-order chi connectivity index (χ1) is 15.1. The minimum Gasteiger partial charge on any atom is -0.465 e. The van der Waals surface area contributed by atoms with Crippen LogP contribution in [0.15, 0.2) is 34.8 Å². The van der Waals surface area contributed by atoms with Crippen LogP contribution in [0.5, 0.6) is 0 Å². The molecule has 4 rings (SSSR count). The summed E-state index contributed by atoms with van der Waals surface area (Å²) in [6, 6.07) is 3.23. The van der Waals surface area contributed by atoms with Gasteiger partial charge in [-0.15, -0.1) is 0 Å². The van der Waals surface area contributed by atoms with Crippen LogP contribution in [0.25, 0.3) is 11.5 Å². The van der Waals surface area contributed by atoms with Crippen molar-refractivity contribution in [1.29, 1.82) is 0 Å². The third-order valence-corrected chi connectivity index (χ3v) is 6.20. The average Bonchev–Trinajstić information content (AvgIpc) is 3.23. The summed E-state index contributed by atoms with van der Waals surface area (Å²) in [5.41, 5.74) is 6.99. The quantitative estimate of drug-likeness (QED) is 0.432. The largest absolute Gasteiger partial charge is 0.465 e. The first-order valence-electron chi connectivity index (χ1n) is 9.97. The Labute approximate surface area is 183 Å². The molecule has 3 aliphatic rings. The van der Waals surface area contributed by atoms with Crippen molar-refractivity contribution >= 4 is 30.0 Å². The number of rotatable bonds is 7. The molecule has 3 aliphatic heterocycles. The number of aryl methyl sites for hydroxylation is 1. The number of methoxy groups -OCH3 is 1. The first-order valence-corrected chi connectivity index (χ1v) is 10.8. The molecule has 2 N–H and O–H groups in total. The van der Waals surface area contributed by atoms with E-state index in [9.17, 15) is 9.59 Å². The van der Waals surface area contributed by atoms with Crippen molar-refractivity contribution in [3.8, 4) is 11.5 Å². The molecule has 1 aromatic rings. The van der Waals surface area contributed by atoms with Crippen LogP contribution in [0.2, 0.25) is 0 Å². The maximum absolute atomic E-state index is 11.7. The molecule has 11 heteroatoms. The topological polar surface area (TPSA) is 129 Å². The van der Waals surface area contributed by atoms with Crippen LogP contribution < -0.4 is 5.73 Å². The van der Waals surface area contributed by atoms with Crippen LogP contribution in [-0.2, 0) is 16.1 Å². The highest BCUT2D eigenvalue weighted by Gasteiger charge is 2.22. The Kier molecular flexibility index (Phi) is 6.31. The number of nitrogen functional groups attached to an aromatic ring is 1. The van der Waals surface area contributed by atoms with Gasteiger partial charge in [0.15, 0.2) is 22.5 Å². The molecule has 0 spiro atoms. The van der Waals surface area contributed by atoms with E-state index in [4.69, 9.17) is 10.5 Å². The molecule has 31 heavy (non-hydrogen) atoms. The molecule has 0 atom stereocenters. The lowest BCUT2D eigenvalue weighted by Crippen LogP contribution is -2.32. The van der Waals surface area contributed by atoms with Gasteiger partial charge in [-0.25, -0.2) is 24.7 Å².